The highest BCUT2D eigenvalue weighted by atomic mass is 16.2. The van der Waals surface area contributed by atoms with Crippen molar-refractivity contribution in [1.29, 1.82) is 0 Å². The van der Waals surface area contributed by atoms with Crippen LogP contribution in [0.15, 0.2) is 24.8 Å². The highest BCUT2D eigenvalue weighted by molar-refractivity contribution is 6.01. The summed E-state index contributed by atoms with van der Waals surface area (Å²) < 4.78 is 3.32. The molecule has 0 aliphatic carbocycles. The zero-order chi connectivity index (χ0) is 17.6. The van der Waals surface area contributed by atoms with Crippen LogP contribution >= 0.6 is 0 Å². The van der Waals surface area contributed by atoms with Crippen molar-refractivity contribution in [1.82, 2.24) is 24.5 Å². The number of nitrogens with zero attached hydrogens (tertiary/aromatic N) is 6. The molecule has 25 heavy (non-hydrogen) atoms. The number of likely N-dealkylation sites (tertiary alicyclic amines) is 1. The largest absolute Gasteiger partial charge is 0.337 e. The zero-order valence-corrected chi connectivity index (χ0v) is 14.6. The van der Waals surface area contributed by atoms with E-state index in [4.69, 9.17) is 0 Å². The lowest BCUT2D eigenvalue weighted by Gasteiger charge is -2.38. The number of hydrogen-bond acceptors (Lipinski definition) is 4. The Kier molecular flexibility index (Phi) is 3.63. The van der Waals surface area contributed by atoms with E-state index in [2.05, 4.69) is 10.2 Å². The molecule has 0 bridgehead atoms. The van der Waals surface area contributed by atoms with Crippen LogP contribution in [0.5, 0.6) is 0 Å². The van der Waals surface area contributed by atoms with Crippen molar-refractivity contribution in [3.8, 4) is 0 Å². The van der Waals surface area contributed by atoms with Crippen LogP contribution in [0.1, 0.15) is 29.6 Å². The summed E-state index contributed by atoms with van der Waals surface area (Å²) >= 11 is 0. The number of amides is 2. The highest BCUT2D eigenvalue weighted by Crippen LogP contribution is 2.42. The Balaban J connectivity index is 1.54. The van der Waals surface area contributed by atoms with Crippen LogP contribution < -0.4 is 4.90 Å². The number of carbonyl (C=O) groups excluding carboxylic acids is 2. The number of piperidine rings is 1. The Morgan fingerprint density at radius 2 is 1.84 bits per heavy atom. The van der Waals surface area contributed by atoms with Gasteiger partial charge in [-0.1, -0.05) is 0 Å². The molecule has 2 aliphatic heterocycles. The molecule has 0 radical (unpaired) electrons. The molecule has 2 aromatic rings. The summed E-state index contributed by atoms with van der Waals surface area (Å²) in [5.41, 5.74) is 0.945. The lowest BCUT2D eigenvalue weighted by molar-refractivity contribution is -0.127. The third-order valence-electron chi connectivity index (χ3n) is 5.33. The molecule has 8 nitrogen and oxygen atoms in total. The second-order valence-electron chi connectivity index (χ2n) is 7.09. The first kappa shape index (κ1) is 15.9. The molecule has 2 aliphatic rings. The molecule has 2 amide bonds. The van der Waals surface area contributed by atoms with Gasteiger partial charge in [0.1, 0.15) is 0 Å². The summed E-state index contributed by atoms with van der Waals surface area (Å²) in [6, 6.07) is 0. The number of aryl methyl sites for hydroxylation is 2. The van der Waals surface area contributed by atoms with Crippen LogP contribution in [0, 0.1) is 5.41 Å². The lowest BCUT2D eigenvalue weighted by atomic mass is 9.78. The van der Waals surface area contributed by atoms with E-state index in [1.165, 1.54) is 0 Å². The van der Waals surface area contributed by atoms with E-state index in [9.17, 15) is 9.59 Å². The van der Waals surface area contributed by atoms with Crippen LogP contribution in [-0.2, 0) is 18.9 Å². The maximum absolute atomic E-state index is 13.1. The molecule has 2 aromatic heterocycles. The summed E-state index contributed by atoms with van der Waals surface area (Å²) in [6.45, 7) is 1.85. The van der Waals surface area contributed by atoms with Crippen molar-refractivity contribution in [3.63, 3.8) is 0 Å². The van der Waals surface area contributed by atoms with Gasteiger partial charge in [0, 0.05) is 46.1 Å². The van der Waals surface area contributed by atoms with Crippen LogP contribution in [0.25, 0.3) is 0 Å². The molecule has 2 saturated heterocycles. The summed E-state index contributed by atoms with van der Waals surface area (Å²) in [5.74, 6) is 0.0731. The number of anilines is 1. The Morgan fingerprint density at radius 3 is 2.52 bits per heavy atom. The van der Waals surface area contributed by atoms with Gasteiger partial charge in [-0.3, -0.25) is 19.0 Å². The average molecular weight is 342 g/mol. The maximum Gasteiger partial charge on any atom is 0.257 e. The van der Waals surface area contributed by atoms with Gasteiger partial charge < -0.3 is 9.80 Å². The lowest BCUT2D eigenvalue weighted by Crippen LogP contribution is -2.49. The molecule has 0 N–H and O–H groups in total. The zero-order valence-electron chi connectivity index (χ0n) is 14.6. The topological polar surface area (TPSA) is 76.3 Å². The van der Waals surface area contributed by atoms with Gasteiger partial charge in [-0.2, -0.15) is 10.2 Å². The third-order valence-corrected chi connectivity index (χ3v) is 5.33. The summed E-state index contributed by atoms with van der Waals surface area (Å²) in [7, 11) is 3.63. The summed E-state index contributed by atoms with van der Waals surface area (Å²) in [5, 5.41) is 8.24. The maximum atomic E-state index is 13.1. The van der Waals surface area contributed by atoms with Gasteiger partial charge in [0.15, 0.2) is 0 Å². The molecule has 8 heteroatoms. The molecular formula is C17H22N6O2. The summed E-state index contributed by atoms with van der Waals surface area (Å²) in [6.07, 6.45) is 9.34. The Morgan fingerprint density at radius 1 is 1.08 bits per heavy atom. The molecule has 0 aromatic carbocycles. The van der Waals surface area contributed by atoms with Crippen molar-refractivity contribution < 1.29 is 9.59 Å². The Hall–Kier alpha value is -2.64. The minimum Gasteiger partial charge on any atom is -0.337 e. The number of carbonyl (C=O) groups is 2. The van der Waals surface area contributed by atoms with Gasteiger partial charge >= 0.3 is 0 Å². The monoisotopic (exact) mass is 342 g/mol. The fourth-order valence-corrected chi connectivity index (χ4v) is 4.01. The third kappa shape index (κ3) is 2.61. The quantitative estimate of drug-likeness (QED) is 0.809. The fraction of sp³-hybridized carbons (Fsp3) is 0.529. The molecule has 1 spiro atoms. The van der Waals surface area contributed by atoms with Crippen LogP contribution in [0.3, 0.4) is 0 Å². The van der Waals surface area contributed by atoms with Gasteiger partial charge in [0.2, 0.25) is 5.91 Å². The predicted octanol–water partition coefficient (Wildman–Crippen LogP) is 0.813. The van der Waals surface area contributed by atoms with E-state index in [0.717, 1.165) is 24.9 Å². The predicted molar refractivity (Wildman–Crippen MR) is 91.0 cm³/mol. The number of hydrogen-bond donors (Lipinski definition) is 0. The first-order valence-electron chi connectivity index (χ1n) is 8.57. The van der Waals surface area contributed by atoms with Crippen molar-refractivity contribution in [2.45, 2.75) is 19.3 Å². The smallest absolute Gasteiger partial charge is 0.257 e. The number of aromatic nitrogens is 4. The van der Waals surface area contributed by atoms with Crippen molar-refractivity contribution in [2.24, 2.45) is 19.5 Å². The van der Waals surface area contributed by atoms with Crippen molar-refractivity contribution >= 4 is 17.5 Å². The standard InChI is InChI=1S/C17H22N6O2/c1-20-10-13(8-18-20)15(24)22-6-3-4-17(12-22)5-7-23(16(17)25)14-9-19-21(2)11-14/h8-11H,3-7,12H2,1-2H3/t17-/m0/s1. The van der Waals surface area contributed by atoms with Crippen LogP contribution in [0.2, 0.25) is 0 Å². The van der Waals surface area contributed by atoms with E-state index in [1.807, 2.05) is 23.0 Å². The van der Waals surface area contributed by atoms with Crippen LogP contribution in [-0.4, -0.2) is 55.9 Å². The van der Waals surface area contributed by atoms with E-state index >= 15 is 0 Å². The van der Waals surface area contributed by atoms with E-state index in [-0.39, 0.29) is 11.8 Å². The highest BCUT2D eigenvalue weighted by Gasteiger charge is 2.50. The summed E-state index contributed by atoms with van der Waals surface area (Å²) in [4.78, 5) is 29.5. The Bertz CT molecular complexity index is 825. The minimum atomic E-state index is -0.466. The Labute approximate surface area is 146 Å². The van der Waals surface area contributed by atoms with Gasteiger partial charge in [-0.05, 0) is 19.3 Å². The van der Waals surface area contributed by atoms with Crippen molar-refractivity contribution in [2.75, 3.05) is 24.5 Å². The van der Waals surface area contributed by atoms with Gasteiger partial charge in [0.05, 0.1) is 29.1 Å². The first-order valence-corrected chi connectivity index (χ1v) is 8.57. The van der Waals surface area contributed by atoms with Crippen LogP contribution in [0.4, 0.5) is 5.69 Å². The molecular weight excluding hydrogens is 320 g/mol. The minimum absolute atomic E-state index is 0.0418. The van der Waals surface area contributed by atoms with E-state index < -0.39 is 5.41 Å². The first-order chi connectivity index (χ1) is 12.0. The average Bonchev–Trinajstić information content (AvgIpc) is 3.29. The molecule has 132 valence electrons. The molecule has 0 unspecified atom stereocenters. The molecule has 2 fully saturated rings. The second kappa shape index (κ2) is 5.72. The van der Waals surface area contributed by atoms with Gasteiger partial charge in [-0.25, -0.2) is 0 Å². The second-order valence-corrected chi connectivity index (χ2v) is 7.09. The normalized spacial score (nSPS) is 23.7. The molecule has 0 saturated carbocycles. The van der Waals surface area contributed by atoms with E-state index in [1.54, 1.807) is 35.0 Å². The molecule has 4 rings (SSSR count). The number of rotatable bonds is 2. The SMILES string of the molecule is Cn1cc(C(=O)N2CCC[C@]3(CCN(c4cnn(C)c4)C3=O)C2)cn1. The fourth-order valence-electron chi connectivity index (χ4n) is 4.01. The van der Waals surface area contributed by atoms with Gasteiger partial charge in [-0.15, -0.1) is 0 Å². The molecule has 4 heterocycles. The molecule has 1 atom stereocenters. The van der Waals surface area contributed by atoms with Crippen molar-refractivity contribution in [3.05, 3.63) is 30.4 Å². The van der Waals surface area contributed by atoms with E-state index in [0.29, 0.717) is 25.2 Å². The van der Waals surface area contributed by atoms with Gasteiger partial charge in [0.25, 0.3) is 5.91 Å².